The van der Waals surface area contributed by atoms with Gasteiger partial charge in [0, 0.05) is 0 Å². The third-order valence-corrected chi connectivity index (χ3v) is 3.71. The van der Waals surface area contributed by atoms with Crippen molar-refractivity contribution in [2.75, 3.05) is 12.0 Å². The fraction of sp³-hybridized carbons (Fsp3) is 1.00. The van der Waals surface area contributed by atoms with Gasteiger partial charge < -0.3 is 5.48 Å². The van der Waals surface area contributed by atoms with E-state index in [0.717, 1.165) is 5.75 Å². The Hall–Kier alpha value is -0.0800. The average molecular weight is 467 g/mol. The highest BCUT2D eigenvalue weighted by Gasteiger charge is 2.44. The molecule has 0 aromatic rings. The molecule has 0 heterocycles. The van der Waals surface area contributed by atoms with Crippen molar-refractivity contribution in [3.05, 3.63) is 0 Å². The van der Waals surface area contributed by atoms with Crippen LogP contribution < -0.4 is 0 Å². The van der Waals surface area contributed by atoms with E-state index < -0.39 is 25.7 Å². The molecule has 0 unspecified atom stereocenters. The molecular formula is C14H33F3O7S3. The van der Waals surface area contributed by atoms with Crippen molar-refractivity contribution in [1.29, 1.82) is 0 Å². The molecule has 0 amide bonds. The van der Waals surface area contributed by atoms with E-state index >= 15 is 0 Å². The smallest absolute Gasteiger partial charge is 0.412 e. The lowest BCUT2D eigenvalue weighted by Crippen LogP contribution is -2.21. The second-order valence-electron chi connectivity index (χ2n) is 5.56. The summed E-state index contributed by atoms with van der Waals surface area (Å²) in [5, 5.41) is 0. The van der Waals surface area contributed by atoms with Crippen LogP contribution in [0, 0.1) is 0 Å². The predicted octanol–water partition coefficient (Wildman–Crippen LogP) is 3.91. The average Bonchev–Trinajstić information content (AvgIpc) is 2.42. The Balaban J connectivity index is -0.000000162. The van der Waals surface area contributed by atoms with Gasteiger partial charge in [-0.1, -0.05) is 64.7 Å². The SMILES string of the molecule is CCCCCCCCCCCCS.CS(=O)(=O)O.O.O=S(=O)(O)C(F)(F)F. The number of hydrogen-bond donors (Lipinski definition) is 3. The third-order valence-electron chi connectivity index (χ3n) is 2.80. The van der Waals surface area contributed by atoms with Crippen LogP contribution in [0.4, 0.5) is 13.2 Å². The Morgan fingerprint density at radius 2 is 1.00 bits per heavy atom. The monoisotopic (exact) mass is 466 g/mol. The van der Waals surface area contributed by atoms with Gasteiger partial charge in [-0.15, -0.1) is 0 Å². The van der Waals surface area contributed by atoms with Crippen LogP contribution >= 0.6 is 12.6 Å². The van der Waals surface area contributed by atoms with Gasteiger partial charge in [0.05, 0.1) is 6.26 Å². The van der Waals surface area contributed by atoms with Crippen molar-refractivity contribution >= 4 is 32.9 Å². The number of unbranched alkanes of at least 4 members (excludes halogenated alkanes) is 9. The molecule has 0 rings (SSSR count). The Morgan fingerprint density at radius 3 is 1.19 bits per heavy atom. The Bertz CT molecular complexity index is 489. The molecule has 0 aliphatic carbocycles. The lowest BCUT2D eigenvalue weighted by molar-refractivity contribution is -0.0510. The van der Waals surface area contributed by atoms with Crippen molar-refractivity contribution < 1.29 is 44.6 Å². The second kappa shape index (κ2) is 19.2. The van der Waals surface area contributed by atoms with E-state index in [-0.39, 0.29) is 5.48 Å². The van der Waals surface area contributed by atoms with E-state index in [2.05, 4.69) is 19.6 Å². The number of alkyl halides is 3. The predicted molar refractivity (Wildman–Crippen MR) is 104 cm³/mol. The summed E-state index contributed by atoms with van der Waals surface area (Å²) in [6.45, 7) is 2.28. The van der Waals surface area contributed by atoms with Crippen LogP contribution in [0.2, 0.25) is 0 Å². The van der Waals surface area contributed by atoms with Crippen molar-refractivity contribution in [2.24, 2.45) is 0 Å². The fourth-order valence-electron chi connectivity index (χ4n) is 1.60. The molecule has 170 valence electrons. The lowest BCUT2D eigenvalue weighted by Gasteiger charge is -2.00. The first-order valence-corrected chi connectivity index (χ1v) is 12.2. The molecule has 13 heteroatoms. The van der Waals surface area contributed by atoms with Gasteiger partial charge in [0.2, 0.25) is 0 Å². The molecule has 0 aromatic heterocycles. The van der Waals surface area contributed by atoms with Gasteiger partial charge >= 0.3 is 15.6 Å². The quantitative estimate of drug-likeness (QED) is 0.193. The standard InChI is InChI=1S/C12H26S.CHF3O3S.CH4O3S.H2O/c1-2-3-4-5-6-7-8-9-10-11-12-13;2-1(3,4)8(5,6)7;1-5(2,3)4;/h13H,2-12H2,1H3;(H,5,6,7);1H3,(H,2,3,4);1H2. The zero-order chi connectivity index (χ0) is 21.3. The third kappa shape index (κ3) is 41.4. The fourth-order valence-corrected chi connectivity index (χ4v) is 1.82. The van der Waals surface area contributed by atoms with E-state index in [4.69, 9.17) is 17.5 Å². The first kappa shape index (κ1) is 34.4. The zero-order valence-corrected chi connectivity index (χ0v) is 18.2. The van der Waals surface area contributed by atoms with E-state index in [1.807, 2.05) is 0 Å². The van der Waals surface area contributed by atoms with Crippen molar-refractivity contribution in [1.82, 2.24) is 0 Å². The largest absolute Gasteiger partial charge is 0.522 e. The second-order valence-corrected chi connectivity index (χ2v) is 8.89. The number of rotatable bonds is 10. The van der Waals surface area contributed by atoms with Crippen molar-refractivity contribution in [2.45, 2.75) is 76.6 Å². The lowest BCUT2D eigenvalue weighted by atomic mass is 10.1. The van der Waals surface area contributed by atoms with Gasteiger partial charge in [-0.3, -0.25) is 9.11 Å². The minimum Gasteiger partial charge on any atom is -0.412 e. The summed E-state index contributed by atoms with van der Waals surface area (Å²) in [4.78, 5) is 0. The molecule has 0 aliphatic rings. The topological polar surface area (TPSA) is 140 Å². The molecule has 0 saturated heterocycles. The van der Waals surface area contributed by atoms with Gasteiger partial charge in [0.1, 0.15) is 0 Å². The van der Waals surface area contributed by atoms with Gasteiger partial charge in [-0.2, -0.15) is 42.6 Å². The molecule has 4 N–H and O–H groups in total. The minimum atomic E-state index is -5.84. The molecule has 0 aromatic carbocycles. The maximum absolute atomic E-state index is 10.7. The van der Waals surface area contributed by atoms with Crippen LogP contribution in [-0.4, -0.2) is 48.9 Å². The number of hydrogen-bond acceptors (Lipinski definition) is 5. The molecule has 0 bridgehead atoms. The first-order chi connectivity index (χ1) is 11.7. The van der Waals surface area contributed by atoms with Crippen LogP contribution in [0.25, 0.3) is 0 Å². The van der Waals surface area contributed by atoms with Gasteiger partial charge in [-0.05, 0) is 12.2 Å². The first-order valence-electron chi connectivity index (χ1n) is 8.23. The molecule has 0 spiro atoms. The van der Waals surface area contributed by atoms with Crippen molar-refractivity contribution in [3.63, 3.8) is 0 Å². The normalized spacial score (nSPS) is 11.4. The maximum Gasteiger partial charge on any atom is 0.522 e. The van der Waals surface area contributed by atoms with Crippen LogP contribution in [0.15, 0.2) is 0 Å². The van der Waals surface area contributed by atoms with Gasteiger partial charge in [0.25, 0.3) is 10.1 Å². The Morgan fingerprint density at radius 1 is 0.778 bits per heavy atom. The highest BCUT2D eigenvalue weighted by molar-refractivity contribution is 7.86. The van der Waals surface area contributed by atoms with E-state index in [0.29, 0.717) is 6.26 Å². The van der Waals surface area contributed by atoms with Gasteiger partial charge in [-0.25, -0.2) is 0 Å². The molecule has 0 radical (unpaired) electrons. The Labute approximate surface area is 166 Å². The molecule has 27 heavy (non-hydrogen) atoms. The summed E-state index contributed by atoms with van der Waals surface area (Å²) in [6, 6.07) is 0. The molecule has 0 fully saturated rings. The van der Waals surface area contributed by atoms with Crippen LogP contribution in [-0.2, 0) is 20.2 Å². The van der Waals surface area contributed by atoms with E-state index in [9.17, 15) is 21.6 Å². The molecule has 0 saturated carbocycles. The van der Waals surface area contributed by atoms with E-state index in [1.54, 1.807) is 0 Å². The number of halogens is 3. The summed E-state index contributed by atoms with van der Waals surface area (Å²) in [6.07, 6.45) is 14.9. The summed E-state index contributed by atoms with van der Waals surface area (Å²) in [5.74, 6) is 1.07. The van der Waals surface area contributed by atoms with Crippen LogP contribution in [0.3, 0.4) is 0 Å². The summed E-state index contributed by atoms with van der Waals surface area (Å²) in [5.41, 5.74) is -5.53. The van der Waals surface area contributed by atoms with Crippen LogP contribution in [0.5, 0.6) is 0 Å². The molecule has 0 aliphatic heterocycles. The Kier molecular flexibility index (Phi) is 24.5. The van der Waals surface area contributed by atoms with Crippen LogP contribution in [0.1, 0.15) is 71.1 Å². The molecular weight excluding hydrogens is 433 g/mol. The summed E-state index contributed by atoms with van der Waals surface area (Å²) in [7, 11) is -9.51. The number of thiol groups is 1. The summed E-state index contributed by atoms with van der Waals surface area (Å²) >= 11 is 4.20. The van der Waals surface area contributed by atoms with E-state index in [1.165, 1.54) is 64.2 Å². The molecule has 0 atom stereocenters. The summed E-state index contributed by atoms with van der Waals surface area (Å²) < 4.78 is 83.4. The zero-order valence-electron chi connectivity index (χ0n) is 15.7. The minimum absolute atomic E-state index is 0. The van der Waals surface area contributed by atoms with Crippen molar-refractivity contribution in [3.8, 4) is 0 Å². The molecule has 7 nitrogen and oxygen atoms in total. The maximum atomic E-state index is 10.7. The highest BCUT2D eigenvalue weighted by Crippen LogP contribution is 2.20. The van der Waals surface area contributed by atoms with Gasteiger partial charge in [0.15, 0.2) is 0 Å². The highest BCUT2D eigenvalue weighted by atomic mass is 32.2.